The molecule has 0 saturated carbocycles. The Hall–Kier alpha value is -1.40. The van der Waals surface area contributed by atoms with E-state index in [1.807, 2.05) is 26.0 Å². The Morgan fingerprint density at radius 3 is 2.59 bits per heavy atom. The average Bonchev–Trinajstić information content (AvgIpc) is 2.97. The molecule has 0 atom stereocenters. The number of carbonyl (C=O) groups is 1. The van der Waals surface area contributed by atoms with Gasteiger partial charge in [0, 0.05) is 28.2 Å². The summed E-state index contributed by atoms with van der Waals surface area (Å²) in [5.74, 6) is 0.348. The average molecular weight is 335 g/mol. The minimum absolute atomic E-state index is 0.0115. The number of rotatable bonds is 6. The van der Waals surface area contributed by atoms with Crippen LogP contribution in [0.25, 0.3) is 0 Å². The molecule has 2 aromatic heterocycles. The molecule has 0 bridgehead atoms. The van der Waals surface area contributed by atoms with Crippen molar-refractivity contribution in [2.45, 2.75) is 38.3 Å². The van der Waals surface area contributed by atoms with Crippen LogP contribution >= 0.6 is 23.1 Å². The third-order valence-corrected chi connectivity index (χ3v) is 5.29. The number of nitrogens with one attached hydrogen (secondary N) is 1. The normalized spacial score (nSPS) is 11.5. The minimum Gasteiger partial charge on any atom is -0.354 e. The predicted molar refractivity (Wildman–Crippen MR) is 92.6 cm³/mol. The quantitative estimate of drug-likeness (QED) is 0.650. The lowest BCUT2D eigenvalue weighted by atomic mass is 9.91. The molecule has 0 aliphatic carbocycles. The highest BCUT2D eigenvalue weighted by Gasteiger charge is 2.22. The fourth-order valence-corrected chi connectivity index (χ4v) is 3.64. The van der Waals surface area contributed by atoms with Crippen LogP contribution in [0.5, 0.6) is 0 Å². The number of amides is 1. The van der Waals surface area contributed by atoms with E-state index in [4.69, 9.17) is 0 Å². The second kappa shape index (κ2) is 7.24. The van der Waals surface area contributed by atoms with Gasteiger partial charge in [0.1, 0.15) is 0 Å². The molecule has 0 radical (unpaired) electrons. The Morgan fingerprint density at radius 1 is 1.32 bits per heavy atom. The number of aromatic nitrogens is 2. The zero-order chi connectivity index (χ0) is 16.2. The van der Waals surface area contributed by atoms with Gasteiger partial charge >= 0.3 is 0 Å². The van der Waals surface area contributed by atoms with Gasteiger partial charge in [-0.05, 0) is 31.4 Å². The first-order valence-corrected chi connectivity index (χ1v) is 8.99. The summed E-state index contributed by atoms with van der Waals surface area (Å²) in [6.45, 7) is 8.77. The first kappa shape index (κ1) is 17.0. The summed E-state index contributed by atoms with van der Waals surface area (Å²) in [4.78, 5) is 22.0. The molecule has 0 aliphatic rings. The maximum absolute atomic E-state index is 12.0. The topological polar surface area (TPSA) is 54.9 Å². The van der Waals surface area contributed by atoms with Crippen molar-refractivity contribution in [2.75, 3.05) is 12.3 Å². The first-order chi connectivity index (χ1) is 10.4. The molecule has 0 saturated heterocycles. The molecular weight excluding hydrogens is 314 g/mol. The van der Waals surface area contributed by atoms with Crippen molar-refractivity contribution in [3.63, 3.8) is 0 Å². The lowest BCUT2D eigenvalue weighted by Crippen LogP contribution is -2.37. The molecular formula is C16H21N3OS2. The fraction of sp³-hybridized carbons (Fsp3) is 0.438. The van der Waals surface area contributed by atoms with Gasteiger partial charge in [-0.1, -0.05) is 31.7 Å². The van der Waals surface area contributed by atoms with E-state index >= 15 is 0 Å². The van der Waals surface area contributed by atoms with E-state index in [1.165, 1.54) is 16.6 Å². The molecule has 2 heterocycles. The van der Waals surface area contributed by atoms with Gasteiger partial charge in [0.05, 0.1) is 5.75 Å². The summed E-state index contributed by atoms with van der Waals surface area (Å²) in [7, 11) is 0. The first-order valence-electron chi connectivity index (χ1n) is 7.12. The van der Waals surface area contributed by atoms with Crippen molar-refractivity contribution in [3.05, 3.63) is 39.8 Å². The van der Waals surface area contributed by atoms with E-state index in [2.05, 4.69) is 40.6 Å². The molecule has 6 heteroatoms. The van der Waals surface area contributed by atoms with Crippen molar-refractivity contribution in [2.24, 2.45) is 0 Å². The van der Waals surface area contributed by atoms with Crippen LogP contribution in [-0.2, 0) is 10.2 Å². The second-order valence-corrected chi connectivity index (χ2v) is 7.75. The molecule has 0 spiro atoms. The Kier molecular flexibility index (Phi) is 5.58. The molecule has 22 heavy (non-hydrogen) atoms. The highest BCUT2D eigenvalue weighted by atomic mass is 32.2. The smallest absolute Gasteiger partial charge is 0.230 e. The lowest BCUT2D eigenvalue weighted by molar-refractivity contribution is -0.118. The zero-order valence-electron chi connectivity index (χ0n) is 13.3. The van der Waals surface area contributed by atoms with Gasteiger partial charge in [0.15, 0.2) is 5.16 Å². The van der Waals surface area contributed by atoms with Crippen molar-refractivity contribution < 1.29 is 4.79 Å². The summed E-state index contributed by atoms with van der Waals surface area (Å²) < 4.78 is 0. The summed E-state index contributed by atoms with van der Waals surface area (Å²) in [6, 6.07) is 6.07. The predicted octanol–water partition coefficient (Wildman–Crippen LogP) is 3.34. The van der Waals surface area contributed by atoms with E-state index < -0.39 is 0 Å². The number of nitrogens with zero attached hydrogens (tertiary/aromatic N) is 2. The summed E-state index contributed by atoms with van der Waals surface area (Å²) in [5, 5.41) is 5.72. The van der Waals surface area contributed by atoms with Crippen LogP contribution in [-0.4, -0.2) is 28.2 Å². The van der Waals surface area contributed by atoms with Gasteiger partial charge in [0.25, 0.3) is 0 Å². The zero-order valence-corrected chi connectivity index (χ0v) is 15.0. The van der Waals surface area contributed by atoms with Crippen LogP contribution in [0, 0.1) is 13.8 Å². The maximum Gasteiger partial charge on any atom is 0.230 e. The minimum atomic E-state index is -0.0507. The standard InChI is InChI=1S/C16H21N3OS2/c1-11-8-12(2)19-15(18-11)22-9-14(20)17-10-16(3,4)13-6-5-7-21-13/h5-8H,9-10H2,1-4H3,(H,17,20). The second-order valence-electron chi connectivity index (χ2n) is 5.86. The van der Waals surface area contributed by atoms with Crippen molar-refractivity contribution >= 4 is 29.0 Å². The van der Waals surface area contributed by atoms with Crippen LogP contribution in [0.1, 0.15) is 30.1 Å². The third-order valence-electron chi connectivity index (χ3n) is 3.21. The van der Waals surface area contributed by atoms with Crippen molar-refractivity contribution in [3.8, 4) is 0 Å². The number of aryl methyl sites for hydroxylation is 2. The molecule has 4 nitrogen and oxygen atoms in total. The van der Waals surface area contributed by atoms with E-state index in [0.717, 1.165) is 11.4 Å². The number of thioether (sulfide) groups is 1. The summed E-state index contributed by atoms with van der Waals surface area (Å²) in [6.07, 6.45) is 0. The molecule has 2 aromatic rings. The summed E-state index contributed by atoms with van der Waals surface area (Å²) >= 11 is 3.09. The molecule has 2 rings (SSSR count). The SMILES string of the molecule is Cc1cc(C)nc(SCC(=O)NCC(C)(C)c2cccs2)n1. The molecule has 0 unspecified atom stereocenters. The highest BCUT2D eigenvalue weighted by Crippen LogP contribution is 2.26. The van der Waals surface area contributed by atoms with Gasteiger partial charge in [0.2, 0.25) is 5.91 Å². The van der Waals surface area contributed by atoms with E-state index in [1.54, 1.807) is 11.3 Å². The molecule has 1 N–H and O–H groups in total. The monoisotopic (exact) mass is 335 g/mol. The Labute approximate surface area is 139 Å². The van der Waals surface area contributed by atoms with Gasteiger partial charge in [-0.15, -0.1) is 11.3 Å². The van der Waals surface area contributed by atoms with Crippen LogP contribution < -0.4 is 5.32 Å². The number of carbonyl (C=O) groups excluding carboxylic acids is 1. The van der Waals surface area contributed by atoms with Gasteiger partial charge in [-0.25, -0.2) is 9.97 Å². The lowest BCUT2D eigenvalue weighted by Gasteiger charge is -2.23. The van der Waals surface area contributed by atoms with Gasteiger partial charge < -0.3 is 5.32 Å². The van der Waals surface area contributed by atoms with Crippen molar-refractivity contribution in [1.82, 2.24) is 15.3 Å². The number of thiophene rings is 1. The van der Waals surface area contributed by atoms with E-state index in [0.29, 0.717) is 17.5 Å². The Bertz CT molecular complexity index is 619. The largest absolute Gasteiger partial charge is 0.354 e. The van der Waals surface area contributed by atoms with Crippen molar-refractivity contribution in [1.29, 1.82) is 0 Å². The van der Waals surface area contributed by atoms with Gasteiger partial charge in [-0.3, -0.25) is 4.79 Å². The molecule has 118 valence electrons. The molecule has 0 aliphatic heterocycles. The van der Waals surface area contributed by atoms with Crippen LogP contribution in [0.3, 0.4) is 0 Å². The summed E-state index contributed by atoms with van der Waals surface area (Å²) in [5.41, 5.74) is 1.80. The third kappa shape index (κ3) is 4.81. The molecule has 1 amide bonds. The van der Waals surface area contributed by atoms with Crippen LogP contribution in [0.15, 0.2) is 28.7 Å². The number of hydrogen-bond acceptors (Lipinski definition) is 5. The fourth-order valence-electron chi connectivity index (χ4n) is 2.01. The van der Waals surface area contributed by atoms with E-state index in [-0.39, 0.29) is 11.3 Å². The Morgan fingerprint density at radius 2 is 2.00 bits per heavy atom. The maximum atomic E-state index is 12.0. The van der Waals surface area contributed by atoms with Crippen LogP contribution in [0.2, 0.25) is 0 Å². The molecule has 0 aromatic carbocycles. The number of hydrogen-bond donors (Lipinski definition) is 1. The Balaban J connectivity index is 1.83. The van der Waals surface area contributed by atoms with Gasteiger partial charge in [-0.2, -0.15) is 0 Å². The van der Waals surface area contributed by atoms with Crippen LogP contribution in [0.4, 0.5) is 0 Å². The van der Waals surface area contributed by atoms with E-state index in [9.17, 15) is 4.79 Å². The molecule has 0 fully saturated rings. The highest BCUT2D eigenvalue weighted by molar-refractivity contribution is 7.99.